The summed E-state index contributed by atoms with van der Waals surface area (Å²) in [5.74, 6) is -0.787. The molecule has 0 atom stereocenters. The number of amides is 1. The average Bonchev–Trinajstić information content (AvgIpc) is 2.62. The van der Waals surface area contributed by atoms with Crippen LogP contribution in [0.3, 0.4) is 0 Å². The fraction of sp³-hybridized carbons (Fsp3) is 0.571. The minimum Gasteiger partial charge on any atom is -0.397 e. The highest BCUT2D eigenvalue weighted by atomic mass is 32.1. The molecule has 1 rings (SSSR count). The number of hydrogen-bond donors (Lipinski definition) is 3. The lowest BCUT2D eigenvalue weighted by atomic mass is 9.93. The molecule has 1 aromatic rings. The van der Waals surface area contributed by atoms with E-state index in [0.29, 0.717) is 16.4 Å². The van der Waals surface area contributed by atoms with Crippen LogP contribution in [0.2, 0.25) is 0 Å². The maximum absolute atomic E-state index is 11.6. The van der Waals surface area contributed by atoms with E-state index in [1.807, 2.05) is 14.1 Å². The molecule has 118 valence electrons. The Balaban J connectivity index is 3.01. The number of carbonyl (C=O) groups is 2. The van der Waals surface area contributed by atoms with Crippen molar-refractivity contribution in [2.75, 3.05) is 38.2 Å². The Bertz CT molecular complexity index is 549. The quantitative estimate of drug-likeness (QED) is 0.664. The molecular formula is C14H24N4O2S. The number of thiophene rings is 1. The number of nitrogen functional groups attached to an aromatic ring is 1. The van der Waals surface area contributed by atoms with Gasteiger partial charge in [-0.05, 0) is 19.5 Å². The van der Waals surface area contributed by atoms with E-state index in [9.17, 15) is 9.59 Å². The third-order valence-corrected chi connectivity index (χ3v) is 4.25. The summed E-state index contributed by atoms with van der Waals surface area (Å²) in [4.78, 5) is 25.6. The van der Waals surface area contributed by atoms with Crippen molar-refractivity contribution in [1.82, 2.24) is 4.90 Å². The van der Waals surface area contributed by atoms with E-state index in [-0.39, 0.29) is 22.4 Å². The second-order valence-electron chi connectivity index (χ2n) is 6.22. The van der Waals surface area contributed by atoms with Crippen molar-refractivity contribution in [3.63, 3.8) is 0 Å². The fourth-order valence-electron chi connectivity index (χ4n) is 2.31. The second-order valence-corrected chi connectivity index (χ2v) is 7.25. The number of Topliss-reactive ketones (excluding diaryl/α,β-unsaturated/α-hetero) is 1. The van der Waals surface area contributed by atoms with Crippen LogP contribution in [0, 0.1) is 5.41 Å². The third-order valence-electron chi connectivity index (χ3n) is 2.98. The molecule has 0 aliphatic carbocycles. The Labute approximate surface area is 129 Å². The normalized spacial score (nSPS) is 11.7. The fourth-order valence-corrected chi connectivity index (χ4v) is 3.32. The SMILES string of the molecule is CC(=O)c1sc(NCC(C)(C)CN(C)C)c(C(N)=O)c1N. The molecule has 1 aromatic heterocycles. The molecule has 5 N–H and O–H groups in total. The van der Waals surface area contributed by atoms with E-state index in [0.717, 1.165) is 6.54 Å². The summed E-state index contributed by atoms with van der Waals surface area (Å²) < 4.78 is 0. The van der Waals surface area contributed by atoms with Gasteiger partial charge in [-0.15, -0.1) is 11.3 Å². The first kappa shape index (κ1) is 17.5. The second kappa shape index (κ2) is 6.44. The molecule has 0 saturated carbocycles. The minimum absolute atomic E-state index is 0.00639. The molecule has 1 heterocycles. The van der Waals surface area contributed by atoms with Gasteiger partial charge in [-0.3, -0.25) is 9.59 Å². The number of anilines is 2. The van der Waals surface area contributed by atoms with E-state index in [2.05, 4.69) is 24.1 Å². The number of nitrogens with zero attached hydrogens (tertiary/aromatic N) is 1. The van der Waals surface area contributed by atoms with Crippen LogP contribution in [0.5, 0.6) is 0 Å². The lowest BCUT2D eigenvalue weighted by molar-refractivity contribution is 0.100. The molecule has 0 aromatic carbocycles. The zero-order valence-corrected chi connectivity index (χ0v) is 14.1. The van der Waals surface area contributed by atoms with E-state index < -0.39 is 5.91 Å². The van der Waals surface area contributed by atoms with Crippen molar-refractivity contribution in [3.05, 3.63) is 10.4 Å². The Hall–Kier alpha value is -1.60. The van der Waals surface area contributed by atoms with Crippen LogP contribution in [0.25, 0.3) is 0 Å². The summed E-state index contributed by atoms with van der Waals surface area (Å²) >= 11 is 1.18. The van der Waals surface area contributed by atoms with Crippen molar-refractivity contribution < 1.29 is 9.59 Å². The lowest BCUT2D eigenvalue weighted by Crippen LogP contribution is -2.34. The van der Waals surface area contributed by atoms with Gasteiger partial charge >= 0.3 is 0 Å². The molecule has 21 heavy (non-hydrogen) atoms. The van der Waals surface area contributed by atoms with Gasteiger partial charge in [0.05, 0.1) is 16.1 Å². The first-order valence-corrected chi connectivity index (χ1v) is 7.48. The Morgan fingerprint density at radius 3 is 2.33 bits per heavy atom. The minimum atomic E-state index is -0.621. The summed E-state index contributed by atoms with van der Waals surface area (Å²) in [6.45, 7) is 7.18. The maximum atomic E-state index is 11.6. The standard InChI is InChI=1S/C14H24N4O2S/c1-8(19)11-10(15)9(12(16)20)13(21-11)17-6-14(2,3)7-18(4)5/h17H,6-7,15H2,1-5H3,(H2,16,20). The van der Waals surface area contributed by atoms with Crippen LogP contribution in [-0.2, 0) is 0 Å². The predicted octanol–water partition coefficient (Wildman–Crippen LogP) is 1.63. The summed E-state index contributed by atoms with van der Waals surface area (Å²) in [7, 11) is 4.02. The Kier molecular flexibility index (Phi) is 5.36. The molecule has 0 radical (unpaired) electrons. The van der Waals surface area contributed by atoms with Crippen molar-refractivity contribution in [1.29, 1.82) is 0 Å². The van der Waals surface area contributed by atoms with Gasteiger partial charge in [0.2, 0.25) is 0 Å². The number of ketones is 1. The summed E-state index contributed by atoms with van der Waals surface area (Å²) in [5.41, 5.74) is 11.6. The Morgan fingerprint density at radius 2 is 1.90 bits per heavy atom. The summed E-state index contributed by atoms with van der Waals surface area (Å²) in [5, 5.41) is 3.78. The molecule has 0 aliphatic heterocycles. The van der Waals surface area contributed by atoms with Crippen molar-refractivity contribution in [2.45, 2.75) is 20.8 Å². The van der Waals surface area contributed by atoms with Gasteiger partial charge < -0.3 is 21.7 Å². The van der Waals surface area contributed by atoms with Crippen molar-refractivity contribution in [2.24, 2.45) is 11.1 Å². The highest BCUT2D eigenvalue weighted by Gasteiger charge is 2.25. The van der Waals surface area contributed by atoms with Crippen molar-refractivity contribution >= 4 is 33.7 Å². The molecule has 7 heteroatoms. The van der Waals surface area contributed by atoms with Crippen LogP contribution in [0.1, 0.15) is 40.8 Å². The van der Waals surface area contributed by atoms with E-state index in [1.165, 1.54) is 18.3 Å². The third kappa shape index (κ3) is 4.44. The molecule has 6 nitrogen and oxygen atoms in total. The first-order valence-electron chi connectivity index (χ1n) is 6.67. The average molecular weight is 312 g/mol. The molecule has 1 amide bonds. The molecule has 0 unspecified atom stereocenters. The molecule has 0 bridgehead atoms. The monoisotopic (exact) mass is 312 g/mol. The topological polar surface area (TPSA) is 101 Å². The number of nitrogens with one attached hydrogen (secondary N) is 1. The van der Waals surface area contributed by atoms with Gasteiger partial charge in [-0.25, -0.2) is 0 Å². The van der Waals surface area contributed by atoms with Crippen LogP contribution in [0.4, 0.5) is 10.7 Å². The smallest absolute Gasteiger partial charge is 0.253 e. The number of primary amides is 1. The highest BCUT2D eigenvalue weighted by Crippen LogP contribution is 2.36. The zero-order valence-electron chi connectivity index (χ0n) is 13.2. The van der Waals surface area contributed by atoms with Crippen LogP contribution in [0.15, 0.2) is 0 Å². The van der Waals surface area contributed by atoms with Crippen LogP contribution in [-0.4, -0.2) is 43.8 Å². The summed E-state index contributed by atoms with van der Waals surface area (Å²) in [6.07, 6.45) is 0. The molecule has 0 spiro atoms. The molecular weight excluding hydrogens is 288 g/mol. The van der Waals surface area contributed by atoms with Gasteiger partial charge in [0.15, 0.2) is 5.78 Å². The van der Waals surface area contributed by atoms with Gasteiger partial charge in [-0.1, -0.05) is 13.8 Å². The predicted molar refractivity (Wildman–Crippen MR) is 88.1 cm³/mol. The van der Waals surface area contributed by atoms with Crippen LogP contribution >= 0.6 is 11.3 Å². The zero-order chi connectivity index (χ0) is 16.4. The molecule has 0 saturated heterocycles. The first-order chi connectivity index (χ1) is 9.55. The van der Waals surface area contributed by atoms with Gasteiger partial charge in [0.1, 0.15) is 5.00 Å². The van der Waals surface area contributed by atoms with Crippen LogP contribution < -0.4 is 16.8 Å². The van der Waals surface area contributed by atoms with Gasteiger partial charge in [0, 0.05) is 20.0 Å². The number of rotatable bonds is 7. The largest absolute Gasteiger partial charge is 0.397 e. The number of hydrogen-bond acceptors (Lipinski definition) is 6. The van der Waals surface area contributed by atoms with Gasteiger partial charge in [-0.2, -0.15) is 0 Å². The number of nitrogens with two attached hydrogens (primary N) is 2. The Morgan fingerprint density at radius 1 is 1.33 bits per heavy atom. The summed E-state index contributed by atoms with van der Waals surface area (Å²) in [6, 6.07) is 0. The molecule has 0 fully saturated rings. The van der Waals surface area contributed by atoms with Gasteiger partial charge in [0.25, 0.3) is 5.91 Å². The maximum Gasteiger partial charge on any atom is 0.253 e. The van der Waals surface area contributed by atoms with E-state index in [1.54, 1.807) is 0 Å². The number of carbonyl (C=O) groups excluding carboxylic acids is 2. The van der Waals surface area contributed by atoms with E-state index in [4.69, 9.17) is 11.5 Å². The molecule has 0 aliphatic rings. The lowest BCUT2D eigenvalue weighted by Gasteiger charge is -2.28. The van der Waals surface area contributed by atoms with E-state index >= 15 is 0 Å². The highest BCUT2D eigenvalue weighted by molar-refractivity contribution is 7.19. The van der Waals surface area contributed by atoms with Crippen molar-refractivity contribution in [3.8, 4) is 0 Å².